The number of anilines is 1. The fourth-order valence-electron chi connectivity index (χ4n) is 4.26. The maximum Gasteiger partial charge on any atom is 0.412 e. The Morgan fingerprint density at radius 3 is 2.44 bits per heavy atom. The first-order valence-corrected chi connectivity index (χ1v) is 16.6. The lowest BCUT2D eigenvalue weighted by molar-refractivity contribution is -0.138. The molecule has 0 fully saturated rings. The van der Waals surface area contributed by atoms with E-state index in [-0.39, 0.29) is 37.0 Å². The van der Waals surface area contributed by atoms with Gasteiger partial charge in [-0.2, -0.15) is 4.72 Å². The molecule has 1 aliphatic rings. The SMILES string of the molecule is CC1CC=C(c2ccc(NC(=O)OC(C)(C)C)cc2)ON=C1c1ccc(CC(NS(=O)(=O)c2cc(Cl)c(Cl)s2)C(=O)O)cc1F. The van der Waals surface area contributed by atoms with E-state index in [1.54, 1.807) is 45.0 Å². The summed E-state index contributed by atoms with van der Waals surface area (Å²) in [5, 5.41) is 16.6. The molecule has 0 bridgehead atoms. The van der Waals surface area contributed by atoms with E-state index in [0.717, 1.165) is 12.1 Å². The van der Waals surface area contributed by atoms with Crippen molar-refractivity contribution in [3.05, 3.63) is 86.5 Å². The third-order valence-corrected chi connectivity index (χ3v) is 10.2. The molecule has 0 aliphatic carbocycles. The Labute approximate surface area is 273 Å². The second-order valence-electron chi connectivity index (χ2n) is 11.2. The number of carbonyl (C=O) groups excluding carboxylic acids is 1. The molecule has 15 heteroatoms. The molecule has 3 N–H and O–H groups in total. The first kappa shape index (κ1) is 34.4. The maximum atomic E-state index is 15.4. The Kier molecular flexibility index (Phi) is 10.6. The quantitative estimate of drug-likeness (QED) is 0.213. The second kappa shape index (κ2) is 13.9. The first-order valence-electron chi connectivity index (χ1n) is 13.6. The number of sulfonamides is 1. The Hall–Kier alpha value is -3.49. The maximum absolute atomic E-state index is 15.4. The van der Waals surface area contributed by atoms with E-state index < -0.39 is 39.5 Å². The highest BCUT2D eigenvalue weighted by molar-refractivity contribution is 7.91. The molecule has 1 aliphatic heterocycles. The van der Waals surface area contributed by atoms with Gasteiger partial charge < -0.3 is 14.7 Å². The van der Waals surface area contributed by atoms with E-state index in [4.69, 9.17) is 32.8 Å². The van der Waals surface area contributed by atoms with Crippen molar-refractivity contribution in [2.24, 2.45) is 11.1 Å². The lowest BCUT2D eigenvalue weighted by Crippen LogP contribution is -2.42. The van der Waals surface area contributed by atoms with Crippen LogP contribution in [0, 0.1) is 11.7 Å². The molecule has 10 nitrogen and oxygen atoms in total. The zero-order chi connectivity index (χ0) is 33.1. The Morgan fingerprint density at radius 1 is 1.18 bits per heavy atom. The number of rotatable bonds is 9. The van der Waals surface area contributed by atoms with Gasteiger partial charge in [0.1, 0.15) is 26.0 Å². The molecule has 0 radical (unpaired) electrons. The summed E-state index contributed by atoms with van der Waals surface area (Å²) < 4.78 is 48.0. The second-order valence-corrected chi connectivity index (χ2v) is 15.2. The number of hydrogen-bond donors (Lipinski definition) is 3. The summed E-state index contributed by atoms with van der Waals surface area (Å²) in [5.41, 5.74) is 1.33. The van der Waals surface area contributed by atoms with E-state index in [0.29, 0.717) is 40.5 Å². The van der Waals surface area contributed by atoms with Gasteiger partial charge in [-0.1, -0.05) is 41.3 Å². The van der Waals surface area contributed by atoms with Crippen LogP contribution in [-0.2, 0) is 30.8 Å². The van der Waals surface area contributed by atoms with E-state index in [9.17, 15) is 23.1 Å². The lowest BCUT2D eigenvalue weighted by atomic mass is 9.93. The van der Waals surface area contributed by atoms with Crippen LogP contribution in [0.15, 0.2) is 64.0 Å². The van der Waals surface area contributed by atoms with Gasteiger partial charge in [0.25, 0.3) is 10.0 Å². The van der Waals surface area contributed by atoms with Crippen LogP contribution >= 0.6 is 34.5 Å². The molecule has 0 saturated heterocycles. The van der Waals surface area contributed by atoms with Crippen LogP contribution in [0.25, 0.3) is 5.76 Å². The minimum Gasteiger partial charge on any atom is -0.480 e. The Balaban J connectivity index is 1.46. The highest BCUT2D eigenvalue weighted by Gasteiger charge is 2.29. The molecular formula is C30H30Cl2FN3O7S2. The normalized spacial score (nSPS) is 16.1. The molecule has 1 amide bonds. The van der Waals surface area contributed by atoms with Crippen LogP contribution in [0.2, 0.25) is 9.36 Å². The van der Waals surface area contributed by atoms with Crippen LogP contribution in [-0.4, -0.2) is 42.9 Å². The van der Waals surface area contributed by atoms with Crippen molar-refractivity contribution in [2.45, 2.75) is 56.4 Å². The van der Waals surface area contributed by atoms with Gasteiger partial charge in [-0.05, 0) is 87.7 Å². The minimum absolute atomic E-state index is 0.0269. The average Bonchev–Trinajstić information content (AvgIpc) is 3.17. The molecule has 0 spiro atoms. The molecule has 2 unspecified atom stereocenters. The fourth-order valence-corrected chi connectivity index (χ4v) is 7.34. The summed E-state index contributed by atoms with van der Waals surface area (Å²) in [6.07, 6.45) is 1.40. The molecule has 2 aromatic carbocycles. The summed E-state index contributed by atoms with van der Waals surface area (Å²) in [6, 6.07) is 10.5. The number of oxime groups is 1. The van der Waals surface area contributed by atoms with Crippen molar-refractivity contribution in [3.63, 3.8) is 0 Å². The third kappa shape index (κ3) is 9.04. The van der Waals surface area contributed by atoms with Crippen molar-refractivity contribution < 1.29 is 37.1 Å². The van der Waals surface area contributed by atoms with Gasteiger partial charge in [-0.15, -0.1) is 11.3 Å². The number of nitrogens with zero attached hydrogens (tertiary/aromatic N) is 1. The molecule has 2 atom stereocenters. The number of carbonyl (C=O) groups is 2. The van der Waals surface area contributed by atoms with Crippen LogP contribution in [0.4, 0.5) is 14.9 Å². The number of ether oxygens (including phenoxy) is 1. The van der Waals surface area contributed by atoms with E-state index in [2.05, 4.69) is 15.2 Å². The number of carboxylic acid groups (broad SMARTS) is 1. The van der Waals surface area contributed by atoms with E-state index in [1.807, 2.05) is 13.0 Å². The predicted octanol–water partition coefficient (Wildman–Crippen LogP) is 7.32. The zero-order valence-electron chi connectivity index (χ0n) is 24.6. The van der Waals surface area contributed by atoms with Crippen molar-refractivity contribution in [1.29, 1.82) is 0 Å². The monoisotopic (exact) mass is 697 g/mol. The van der Waals surface area contributed by atoms with Gasteiger partial charge in [0.15, 0.2) is 5.76 Å². The number of thiophene rings is 1. The van der Waals surface area contributed by atoms with Crippen molar-refractivity contribution in [2.75, 3.05) is 5.32 Å². The highest BCUT2D eigenvalue weighted by Crippen LogP contribution is 2.34. The smallest absolute Gasteiger partial charge is 0.412 e. The summed E-state index contributed by atoms with van der Waals surface area (Å²) in [6.45, 7) is 7.17. The molecular weight excluding hydrogens is 668 g/mol. The molecule has 240 valence electrons. The summed E-state index contributed by atoms with van der Waals surface area (Å²) in [7, 11) is -4.26. The number of hydrogen-bond acceptors (Lipinski definition) is 8. The summed E-state index contributed by atoms with van der Waals surface area (Å²) in [4.78, 5) is 29.6. The number of amides is 1. The molecule has 3 aromatic rings. The molecule has 1 aromatic heterocycles. The van der Waals surface area contributed by atoms with Crippen LogP contribution in [0.3, 0.4) is 0 Å². The van der Waals surface area contributed by atoms with Gasteiger partial charge in [0.05, 0.1) is 10.7 Å². The van der Waals surface area contributed by atoms with Gasteiger partial charge in [0, 0.05) is 22.7 Å². The summed E-state index contributed by atoms with van der Waals surface area (Å²) in [5.74, 6) is -1.91. The molecule has 2 heterocycles. The van der Waals surface area contributed by atoms with Gasteiger partial charge in [-0.3, -0.25) is 10.1 Å². The van der Waals surface area contributed by atoms with Crippen LogP contribution in [0.5, 0.6) is 0 Å². The highest BCUT2D eigenvalue weighted by atomic mass is 35.5. The third-order valence-electron chi connectivity index (χ3n) is 6.41. The predicted molar refractivity (Wildman–Crippen MR) is 172 cm³/mol. The first-order chi connectivity index (χ1) is 21.0. The summed E-state index contributed by atoms with van der Waals surface area (Å²) >= 11 is 12.4. The molecule has 0 saturated carbocycles. The molecule has 4 rings (SSSR count). The Morgan fingerprint density at radius 2 is 1.87 bits per heavy atom. The standard InChI is InChI=1S/C30H30Cl2FN3O7S2/c1-16-5-12-24(18-7-9-19(10-8-18)34-29(39)42-30(2,3)4)43-35-26(16)20-11-6-17(13-22(20)33)14-23(28(37)38)36-45(40,41)25-15-21(31)27(32)44-25/h6-13,15-16,23,36H,5,14H2,1-4H3,(H,34,39)(H,37,38). The van der Waals surface area contributed by atoms with E-state index >= 15 is 4.39 Å². The van der Waals surface area contributed by atoms with Gasteiger partial charge in [-0.25, -0.2) is 17.6 Å². The topological polar surface area (TPSA) is 143 Å². The number of allylic oxidation sites excluding steroid dienone is 1. The number of benzene rings is 2. The largest absolute Gasteiger partial charge is 0.480 e. The van der Waals surface area contributed by atoms with Crippen molar-refractivity contribution in [3.8, 4) is 0 Å². The Bertz CT molecular complexity index is 1750. The number of aliphatic carboxylic acids is 1. The number of halogens is 3. The van der Waals surface area contributed by atoms with Gasteiger partial charge >= 0.3 is 12.1 Å². The van der Waals surface area contributed by atoms with Crippen LogP contribution < -0.4 is 10.0 Å². The van der Waals surface area contributed by atoms with Crippen molar-refractivity contribution in [1.82, 2.24) is 4.72 Å². The van der Waals surface area contributed by atoms with Gasteiger partial charge in [0.2, 0.25) is 0 Å². The zero-order valence-corrected chi connectivity index (χ0v) is 27.7. The van der Waals surface area contributed by atoms with E-state index in [1.165, 1.54) is 12.1 Å². The molecule has 45 heavy (non-hydrogen) atoms. The average molecular weight is 699 g/mol. The number of carboxylic acids is 1. The van der Waals surface area contributed by atoms with Crippen LogP contribution in [0.1, 0.15) is 50.8 Å². The fraction of sp³-hybridized carbons (Fsp3) is 0.300. The number of nitrogens with one attached hydrogen (secondary N) is 2. The minimum atomic E-state index is -4.26. The van der Waals surface area contributed by atoms with Crippen molar-refractivity contribution >= 4 is 73.8 Å². The lowest BCUT2D eigenvalue weighted by Gasteiger charge is -2.19.